The van der Waals surface area contributed by atoms with E-state index in [1.54, 1.807) is 12.1 Å². The first-order chi connectivity index (χ1) is 11.6. The Labute approximate surface area is 143 Å². The van der Waals surface area contributed by atoms with Crippen molar-refractivity contribution in [3.8, 4) is 6.07 Å². The summed E-state index contributed by atoms with van der Waals surface area (Å²) < 4.78 is 0. The lowest BCUT2D eigenvalue weighted by Gasteiger charge is -2.14. The molecule has 4 nitrogen and oxygen atoms in total. The van der Waals surface area contributed by atoms with Crippen molar-refractivity contribution < 1.29 is 0 Å². The minimum Gasteiger partial charge on any atom is -0.369 e. The van der Waals surface area contributed by atoms with Crippen molar-refractivity contribution in [3.05, 3.63) is 53.9 Å². The summed E-state index contributed by atoms with van der Waals surface area (Å²) in [4.78, 5) is 8.51. The van der Waals surface area contributed by atoms with Gasteiger partial charge in [0.1, 0.15) is 27.8 Å². The van der Waals surface area contributed by atoms with E-state index in [4.69, 9.17) is 21.0 Å². The normalized spacial score (nSPS) is 11.5. The fraction of sp³-hybridized carbons (Fsp3) is 0.167. The van der Waals surface area contributed by atoms with Crippen LogP contribution in [0, 0.1) is 23.5 Å². The Kier molecular flexibility index (Phi) is 4.40. The van der Waals surface area contributed by atoms with Crippen LogP contribution < -0.4 is 16.2 Å². The second kappa shape index (κ2) is 6.64. The van der Waals surface area contributed by atoms with Crippen LogP contribution >= 0.6 is 0 Å². The van der Waals surface area contributed by atoms with E-state index in [1.807, 2.05) is 19.1 Å². The number of anilines is 1. The molecule has 110 valence electrons. The zero-order valence-corrected chi connectivity index (χ0v) is 13.2. The first kappa shape index (κ1) is 15.9. The molecule has 1 heterocycles. The van der Waals surface area contributed by atoms with Crippen molar-refractivity contribution in [3.63, 3.8) is 0 Å². The number of fused-ring (bicyclic) bond motifs is 1. The molecular formula is C18H12B2N4. The van der Waals surface area contributed by atoms with Crippen molar-refractivity contribution >= 4 is 43.3 Å². The smallest absolute Gasteiger partial charge is 0.137 e. The molecule has 0 fully saturated rings. The second-order valence-corrected chi connectivity index (χ2v) is 5.57. The Morgan fingerprint density at radius 3 is 2.83 bits per heavy atom. The van der Waals surface area contributed by atoms with Crippen molar-refractivity contribution in [1.29, 1.82) is 5.26 Å². The number of nitriles is 1. The quantitative estimate of drug-likeness (QED) is 0.728. The third-order valence-corrected chi connectivity index (χ3v) is 3.83. The molecule has 0 amide bonds. The highest BCUT2D eigenvalue weighted by atomic mass is 15.0. The van der Waals surface area contributed by atoms with Crippen LogP contribution in [-0.2, 0) is 0 Å². The van der Waals surface area contributed by atoms with Crippen LogP contribution in [0.3, 0.4) is 0 Å². The number of rotatable bonds is 4. The topological polar surface area (TPSA) is 61.6 Å². The first-order valence-corrected chi connectivity index (χ1v) is 7.46. The average Bonchev–Trinajstić information content (AvgIpc) is 2.61. The SMILES string of the molecule is [B]c1c#cc(C(C)CNc2ncnc3ccc(C#N)cc23)cc1[B]. The van der Waals surface area contributed by atoms with E-state index < -0.39 is 0 Å². The lowest BCUT2D eigenvalue weighted by Crippen LogP contribution is -2.25. The molecule has 3 rings (SSSR count). The molecule has 0 saturated carbocycles. The largest absolute Gasteiger partial charge is 0.369 e. The first-order valence-electron chi connectivity index (χ1n) is 7.46. The Morgan fingerprint density at radius 1 is 1.25 bits per heavy atom. The van der Waals surface area contributed by atoms with Crippen LogP contribution in [0.1, 0.15) is 24.0 Å². The van der Waals surface area contributed by atoms with E-state index in [2.05, 4.69) is 33.5 Å². The summed E-state index contributed by atoms with van der Waals surface area (Å²) in [5.74, 6) is 0.824. The lowest BCUT2D eigenvalue weighted by molar-refractivity contribution is 0.803. The Morgan fingerprint density at radius 2 is 2.08 bits per heavy atom. The summed E-state index contributed by atoms with van der Waals surface area (Å²) in [5, 5.41) is 13.2. The van der Waals surface area contributed by atoms with Gasteiger partial charge in [-0.05, 0) is 18.2 Å². The van der Waals surface area contributed by atoms with E-state index in [-0.39, 0.29) is 5.92 Å². The standard InChI is InChI=1S/C18H12B2N4/c1-11(13-3-4-15(19)16(20)7-13)9-22-18-14-6-12(8-21)2-5-17(14)23-10-24-18/h2,5-7,10-11H,9H2,1H3,(H,22,23,24). The maximum absolute atomic E-state index is 9.06. The molecule has 2 aromatic carbocycles. The second-order valence-electron chi connectivity index (χ2n) is 5.57. The molecule has 24 heavy (non-hydrogen) atoms. The molecule has 0 bridgehead atoms. The van der Waals surface area contributed by atoms with Crippen molar-refractivity contribution in [2.75, 3.05) is 11.9 Å². The predicted octanol–water partition coefficient (Wildman–Crippen LogP) is 0.905. The average molecular weight is 306 g/mol. The van der Waals surface area contributed by atoms with Crippen molar-refractivity contribution in [1.82, 2.24) is 9.97 Å². The summed E-state index contributed by atoms with van der Waals surface area (Å²) in [6.07, 6.45) is 1.50. The molecule has 1 N–H and O–H groups in total. The van der Waals surface area contributed by atoms with Gasteiger partial charge in [-0.1, -0.05) is 36.0 Å². The van der Waals surface area contributed by atoms with E-state index in [1.165, 1.54) is 6.33 Å². The summed E-state index contributed by atoms with van der Waals surface area (Å²) in [5.41, 5.74) is 3.19. The summed E-state index contributed by atoms with van der Waals surface area (Å²) in [6.45, 7) is 2.67. The lowest BCUT2D eigenvalue weighted by atomic mass is 9.80. The number of aromatic nitrogens is 2. The molecule has 0 aliphatic rings. The van der Waals surface area contributed by atoms with Gasteiger partial charge in [-0.3, -0.25) is 0 Å². The van der Waals surface area contributed by atoms with Gasteiger partial charge in [0.05, 0.1) is 17.1 Å². The molecular weight excluding hydrogens is 294 g/mol. The maximum Gasteiger partial charge on any atom is 0.137 e. The number of hydrogen-bond acceptors (Lipinski definition) is 4. The van der Waals surface area contributed by atoms with Gasteiger partial charge in [-0.15, -0.1) is 0 Å². The van der Waals surface area contributed by atoms with Crippen molar-refractivity contribution in [2.45, 2.75) is 12.8 Å². The van der Waals surface area contributed by atoms with Gasteiger partial charge in [0.25, 0.3) is 0 Å². The molecule has 0 spiro atoms. The highest BCUT2D eigenvalue weighted by molar-refractivity contribution is 6.48. The van der Waals surface area contributed by atoms with Gasteiger partial charge < -0.3 is 5.32 Å². The fourth-order valence-electron chi connectivity index (χ4n) is 2.39. The third-order valence-electron chi connectivity index (χ3n) is 3.83. The minimum absolute atomic E-state index is 0.133. The molecule has 1 unspecified atom stereocenters. The van der Waals surface area contributed by atoms with Crippen LogP contribution in [0.15, 0.2) is 30.6 Å². The molecule has 6 heteroatoms. The van der Waals surface area contributed by atoms with Crippen LogP contribution in [0.4, 0.5) is 5.82 Å². The predicted molar refractivity (Wildman–Crippen MR) is 96.0 cm³/mol. The molecule has 1 atom stereocenters. The summed E-state index contributed by atoms with van der Waals surface area (Å²) in [6, 6.07) is 15.1. The molecule has 4 radical (unpaired) electrons. The Hall–Kier alpha value is -2.98. The molecule has 0 saturated heterocycles. The number of benzene rings is 1. The van der Waals surface area contributed by atoms with Gasteiger partial charge in [0, 0.05) is 23.4 Å². The number of hydrogen-bond donors (Lipinski definition) is 1. The van der Waals surface area contributed by atoms with E-state index in [9.17, 15) is 0 Å². The van der Waals surface area contributed by atoms with Crippen LogP contribution in [0.2, 0.25) is 0 Å². The summed E-state index contributed by atoms with van der Waals surface area (Å²) in [7, 11) is 11.5. The number of nitrogens with zero attached hydrogens (tertiary/aromatic N) is 3. The third kappa shape index (κ3) is 3.19. The molecule has 0 aliphatic carbocycles. The number of nitrogens with one attached hydrogen (secondary N) is 1. The molecule has 0 aliphatic heterocycles. The van der Waals surface area contributed by atoms with Crippen molar-refractivity contribution in [2.24, 2.45) is 0 Å². The maximum atomic E-state index is 9.06. The van der Waals surface area contributed by atoms with Gasteiger partial charge >= 0.3 is 0 Å². The highest BCUT2D eigenvalue weighted by Crippen LogP contribution is 2.21. The Balaban J connectivity index is 1.82. The highest BCUT2D eigenvalue weighted by Gasteiger charge is 2.09. The molecule has 1 aromatic heterocycles. The van der Waals surface area contributed by atoms with Crippen LogP contribution in [0.5, 0.6) is 0 Å². The van der Waals surface area contributed by atoms with Gasteiger partial charge in [-0.2, -0.15) is 5.26 Å². The molecule has 3 aromatic rings. The zero-order chi connectivity index (χ0) is 17.1. The van der Waals surface area contributed by atoms with E-state index in [0.29, 0.717) is 28.9 Å². The van der Waals surface area contributed by atoms with Gasteiger partial charge in [0.15, 0.2) is 0 Å². The Bertz CT molecular complexity index is 934. The van der Waals surface area contributed by atoms with Gasteiger partial charge in [-0.25, -0.2) is 9.97 Å². The minimum atomic E-state index is 0.133. The van der Waals surface area contributed by atoms with E-state index in [0.717, 1.165) is 16.5 Å². The van der Waals surface area contributed by atoms with Crippen LogP contribution in [-0.4, -0.2) is 32.2 Å². The fourth-order valence-corrected chi connectivity index (χ4v) is 2.39. The zero-order valence-electron chi connectivity index (χ0n) is 13.2. The van der Waals surface area contributed by atoms with Gasteiger partial charge in [0.2, 0.25) is 0 Å². The van der Waals surface area contributed by atoms with E-state index >= 15 is 0 Å². The summed E-state index contributed by atoms with van der Waals surface area (Å²) >= 11 is 0. The monoisotopic (exact) mass is 306 g/mol. The van der Waals surface area contributed by atoms with Crippen LogP contribution in [0.25, 0.3) is 10.9 Å².